The molecule has 2 saturated carbocycles. The molecule has 0 amide bonds. The van der Waals surface area contributed by atoms with E-state index in [1.54, 1.807) is 40.6 Å². The fraction of sp³-hybridized carbons (Fsp3) is 0.561. The van der Waals surface area contributed by atoms with Crippen molar-refractivity contribution in [1.29, 1.82) is 0 Å². The van der Waals surface area contributed by atoms with Gasteiger partial charge in [0.2, 0.25) is 0 Å². The first-order valence-electron chi connectivity index (χ1n) is 36.8. The number of aliphatic hydroxyl groups is 4. The van der Waals surface area contributed by atoms with E-state index in [1.807, 2.05) is 100 Å². The molecule has 0 atom stereocenters. The zero-order valence-corrected chi connectivity index (χ0v) is 62.9. The minimum atomic E-state index is -0.434. The second kappa shape index (κ2) is 41.9. The number of aliphatic hydroxyl groups excluding tert-OH is 4. The van der Waals surface area contributed by atoms with E-state index < -0.39 is 7.12 Å². The lowest BCUT2D eigenvalue weighted by Gasteiger charge is -2.32. The van der Waals surface area contributed by atoms with E-state index in [9.17, 15) is 10.2 Å². The molecule has 0 unspecified atom stereocenters. The molecular weight excluding hydrogens is 1340 g/mol. The summed E-state index contributed by atoms with van der Waals surface area (Å²) in [6.45, 7) is 14.6. The molecule has 4 N–H and O–H groups in total. The van der Waals surface area contributed by atoms with Crippen LogP contribution in [0.2, 0.25) is 0 Å². The third-order valence-corrected chi connectivity index (χ3v) is 20.7. The third-order valence-electron chi connectivity index (χ3n) is 20.1. The van der Waals surface area contributed by atoms with E-state index in [-0.39, 0.29) is 49.3 Å². The maximum Gasteiger partial charge on any atom is 0.494 e. The number of unbranched alkanes of at least 4 members (excludes halogenated alkanes) is 6. The van der Waals surface area contributed by atoms with Crippen molar-refractivity contribution in [3.63, 3.8) is 0 Å². The fourth-order valence-electron chi connectivity index (χ4n) is 13.4. The molecule has 6 aromatic rings. The van der Waals surface area contributed by atoms with Gasteiger partial charge >= 0.3 is 7.12 Å². The number of hydrogen-bond acceptors (Lipinski definition) is 14. The van der Waals surface area contributed by atoms with Gasteiger partial charge in [-0.3, -0.25) is 0 Å². The molecule has 100 heavy (non-hydrogen) atoms. The number of ether oxygens (including phenoxy) is 8. The van der Waals surface area contributed by atoms with Crippen molar-refractivity contribution in [3.8, 4) is 79.4 Å². The Morgan fingerprint density at radius 2 is 0.840 bits per heavy atom. The number of benzene rings is 6. The molecule has 0 aromatic heterocycles. The van der Waals surface area contributed by atoms with Crippen LogP contribution in [0.4, 0.5) is 8.78 Å². The second-order valence-corrected chi connectivity index (χ2v) is 28.6. The van der Waals surface area contributed by atoms with Gasteiger partial charge in [0.05, 0.1) is 70.5 Å². The van der Waals surface area contributed by atoms with E-state index in [4.69, 9.17) is 57.4 Å². The molecule has 18 heteroatoms. The first kappa shape index (κ1) is 81.2. The fourth-order valence-corrected chi connectivity index (χ4v) is 14.0. The van der Waals surface area contributed by atoms with E-state index >= 15 is 8.78 Å². The van der Waals surface area contributed by atoms with Crippen LogP contribution >= 0.6 is 15.9 Å². The average molecular weight is 1450 g/mol. The highest BCUT2D eigenvalue weighted by atomic mass is 79.9. The Labute approximate surface area is 604 Å². The molecule has 0 radical (unpaired) electrons. The summed E-state index contributed by atoms with van der Waals surface area (Å²) in [6, 6.07) is 30.1. The normalized spacial score (nSPS) is 17.7. The van der Waals surface area contributed by atoms with Gasteiger partial charge in [0.1, 0.15) is 11.6 Å². The Hall–Kier alpha value is -6.12. The van der Waals surface area contributed by atoms with Crippen LogP contribution < -0.4 is 43.4 Å². The summed E-state index contributed by atoms with van der Waals surface area (Å²) >= 11 is 3.56. The van der Waals surface area contributed by atoms with Crippen molar-refractivity contribution in [3.05, 3.63) is 124 Å². The van der Waals surface area contributed by atoms with Gasteiger partial charge in [0, 0.05) is 56.0 Å². The Bertz CT molecular complexity index is 3390. The summed E-state index contributed by atoms with van der Waals surface area (Å²) in [4.78, 5) is 0. The molecule has 14 nitrogen and oxygen atoms in total. The highest BCUT2D eigenvalue weighted by Gasteiger charge is 2.52. The lowest BCUT2D eigenvalue weighted by Crippen LogP contribution is -2.41. The zero-order chi connectivity index (χ0) is 72.0. The molecule has 3 aliphatic rings. The molecule has 0 bridgehead atoms. The van der Waals surface area contributed by atoms with Crippen molar-refractivity contribution >= 4 is 28.5 Å². The van der Waals surface area contributed by atoms with Gasteiger partial charge in [-0.1, -0.05) is 102 Å². The minimum Gasteiger partial charge on any atom is -0.493 e. The van der Waals surface area contributed by atoms with Gasteiger partial charge in [-0.2, -0.15) is 0 Å². The third kappa shape index (κ3) is 23.2. The molecular formula is C82H114BBrF2O14. The largest absolute Gasteiger partial charge is 0.494 e. The van der Waals surface area contributed by atoms with Crippen molar-refractivity contribution < 1.29 is 76.4 Å². The van der Waals surface area contributed by atoms with Crippen LogP contribution in [0, 0.1) is 23.5 Å². The van der Waals surface area contributed by atoms with Gasteiger partial charge in [-0.05, 0) is 238 Å². The van der Waals surface area contributed by atoms with Crippen LogP contribution in [-0.4, -0.2) is 120 Å². The molecule has 550 valence electrons. The van der Waals surface area contributed by atoms with Crippen LogP contribution in [0.15, 0.2) is 102 Å². The summed E-state index contributed by atoms with van der Waals surface area (Å²) in [5.74, 6) is 6.68. The topological polar surface area (TPSA) is 173 Å². The summed E-state index contributed by atoms with van der Waals surface area (Å²) in [5, 5.41) is 36.3. The molecule has 0 spiro atoms. The van der Waals surface area contributed by atoms with Crippen molar-refractivity contribution in [2.75, 3.05) is 81.3 Å². The number of hydrogen-bond donors (Lipinski definition) is 4. The number of halogens is 3. The highest BCUT2D eigenvalue weighted by molar-refractivity contribution is 9.10. The van der Waals surface area contributed by atoms with Gasteiger partial charge in [0.15, 0.2) is 46.0 Å². The van der Waals surface area contributed by atoms with E-state index in [0.29, 0.717) is 133 Å². The SMILES string of the molecule is CCCCCC1CCC(c2ccc(-c3cc(Br)c(OCCCCO)c(OC)c3)c(F)c2)CC1.CCCCCC1CCC(c2ccc(-c3cc(OC)c(OCCCCO)c(-c4ccc(OC)c(OCCCO)c4)c3)c(F)c2)CC1.COc1ccc(B2OC(C)(C)C(C)(C)O2)cc1OCCCO. The first-order valence-corrected chi connectivity index (χ1v) is 37.5. The minimum absolute atomic E-state index is 0.0255. The van der Waals surface area contributed by atoms with Crippen LogP contribution in [0.3, 0.4) is 0 Å². The van der Waals surface area contributed by atoms with Crippen LogP contribution in [0.25, 0.3) is 33.4 Å². The van der Waals surface area contributed by atoms with Crippen molar-refractivity contribution in [2.45, 2.75) is 206 Å². The molecule has 1 heterocycles. The first-order chi connectivity index (χ1) is 48.4. The monoisotopic (exact) mass is 1450 g/mol. The van der Waals surface area contributed by atoms with Crippen LogP contribution in [0.5, 0.6) is 46.0 Å². The summed E-state index contributed by atoms with van der Waals surface area (Å²) in [6.07, 6.45) is 23.9. The van der Waals surface area contributed by atoms with Crippen LogP contribution in [0.1, 0.15) is 206 Å². The molecule has 3 fully saturated rings. The van der Waals surface area contributed by atoms with Crippen LogP contribution in [-0.2, 0) is 9.31 Å². The van der Waals surface area contributed by atoms with E-state index in [1.165, 1.54) is 77.0 Å². The van der Waals surface area contributed by atoms with Gasteiger partial charge in [0.25, 0.3) is 0 Å². The number of methoxy groups -OCH3 is 4. The summed E-state index contributed by atoms with van der Waals surface area (Å²) in [7, 11) is 5.92. The Balaban J connectivity index is 0.000000224. The van der Waals surface area contributed by atoms with Gasteiger partial charge in [-0.25, -0.2) is 8.78 Å². The lowest BCUT2D eigenvalue weighted by molar-refractivity contribution is 0.00578. The Morgan fingerprint density at radius 3 is 1.29 bits per heavy atom. The van der Waals surface area contributed by atoms with E-state index in [2.05, 4.69) is 41.9 Å². The van der Waals surface area contributed by atoms with E-state index in [0.717, 1.165) is 81.7 Å². The maximum absolute atomic E-state index is 15.9. The maximum atomic E-state index is 15.9. The molecule has 2 aliphatic carbocycles. The number of rotatable bonds is 36. The predicted molar refractivity (Wildman–Crippen MR) is 401 cm³/mol. The summed E-state index contributed by atoms with van der Waals surface area (Å²) in [5.41, 5.74) is 6.37. The highest BCUT2D eigenvalue weighted by Crippen LogP contribution is 2.48. The standard InChI is InChI=1S/C38H51FO6.C28H38BrFO3.C16H25BO5/c1-4-5-6-10-27-11-13-28(14-12-27)29-15-17-32(34(39)24-29)31-23-33(38(37(26-31)43-3)45-21-8-7-19-40)30-16-18-35(42-2)36(25-30)44-22-9-20-41;1-3-4-5-8-20-9-11-21(12-10-20)22-13-14-24(26(30)18-22)23-17-25(29)28(27(19-23)32-2)33-16-7-6-15-31;1-15(2)16(3,4)22-17(21-15)12-7-8-13(19-5)14(11-12)20-10-6-9-18/h15-18,23-28,40-41H,4-14,19-22H2,1-3H3;13-14,17-21,31H,3-12,15-16H2,1-2H3;7-8,11,18H,6,9-10H2,1-5H3. The summed E-state index contributed by atoms with van der Waals surface area (Å²) < 4.78 is 89.8. The second-order valence-electron chi connectivity index (χ2n) is 27.7. The molecule has 6 aromatic carbocycles. The quantitative estimate of drug-likeness (QED) is 0.0216. The molecule has 9 rings (SSSR count). The average Bonchev–Trinajstić information content (AvgIpc) is 1.64. The van der Waals surface area contributed by atoms with Gasteiger partial charge in [-0.15, -0.1) is 0 Å². The molecule has 1 saturated heterocycles. The van der Waals surface area contributed by atoms with Gasteiger partial charge < -0.3 is 67.6 Å². The van der Waals surface area contributed by atoms with Crippen molar-refractivity contribution in [2.24, 2.45) is 11.8 Å². The smallest absolute Gasteiger partial charge is 0.493 e. The zero-order valence-electron chi connectivity index (χ0n) is 61.3. The Morgan fingerprint density at radius 1 is 0.420 bits per heavy atom. The molecule has 1 aliphatic heterocycles. The Kier molecular flexibility index (Phi) is 34.0. The predicted octanol–water partition coefficient (Wildman–Crippen LogP) is 19.0. The lowest BCUT2D eigenvalue weighted by atomic mass is 9.77. The van der Waals surface area contributed by atoms with Crippen molar-refractivity contribution in [1.82, 2.24) is 0 Å².